The first-order chi connectivity index (χ1) is 7.66. The summed E-state index contributed by atoms with van der Waals surface area (Å²) in [6.45, 7) is 1.57. The number of hydrogen-bond acceptors (Lipinski definition) is 2. The van der Waals surface area contributed by atoms with Crippen molar-refractivity contribution >= 4 is 11.8 Å². The van der Waals surface area contributed by atoms with Crippen molar-refractivity contribution in [3.8, 4) is 0 Å². The largest absolute Gasteiger partial charge is 0.366 e. The molecule has 4 heteroatoms. The lowest BCUT2D eigenvalue weighted by atomic mass is 9.98. The zero-order valence-electron chi connectivity index (χ0n) is 9.24. The molecule has 2 amide bonds. The summed E-state index contributed by atoms with van der Waals surface area (Å²) >= 11 is 0. The van der Waals surface area contributed by atoms with Crippen LogP contribution in [0.25, 0.3) is 0 Å². The van der Waals surface area contributed by atoms with E-state index in [1.807, 2.05) is 11.0 Å². The van der Waals surface area contributed by atoms with E-state index in [0.717, 1.165) is 19.4 Å². The molecule has 0 radical (unpaired) electrons. The Hall–Kier alpha value is -1.58. The number of carbonyl (C=O) groups is 2. The van der Waals surface area contributed by atoms with Gasteiger partial charge in [0, 0.05) is 25.1 Å². The molecule has 0 spiro atoms. The first kappa shape index (κ1) is 10.9. The molecular weight excluding hydrogens is 204 g/mol. The molecule has 0 aromatic heterocycles. The molecule has 1 saturated heterocycles. The SMILES string of the molecule is NC(=O)C1=CC=C(CN2CCCC2=O)CC1. The van der Waals surface area contributed by atoms with Crippen LogP contribution >= 0.6 is 0 Å². The Kier molecular flexibility index (Phi) is 3.08. The Balaban J connectivity index is 1.97. The molecule has 86 valence electrons. The number of nitrogens with two attached hydrogens (primary N) is 1. The summed E-state index contributed by atoms with van der Waals surface area (Å²) < 4.78 is 0. The van der Waals surface area contributed by atoms with Gasteiger partial charge in [-0.25, -0.2) is 0 Å². The summed E-state index contributed by atoms with van der Waals surface area (Å²) in [4.78, 5) is 24.2. The third-order valence-electron chi connectivity index (χ3n) is 3.12. The Morgan fingerprint density at radius 2 is 2.12 bits per heavy atom. The Morgan fingerprint density at radius 3 is 2.62 bits per heavy atom. The number of likely N-dealkylation sites (tertiary alicyclic amines) is 1. The van der Waals surface area contributed by atoms with E-state index in [1.54, 1.807) is 6.08 Å². The van der Waals surface area contributed by atoms with Crippen molar-refractivity contribution in [1.82, 2.24) is 4.90 Å². The van der Waals surface area contributed by atoms with E-state index >= 15 is 0 Å². The maximum absolute atomic E-state index is 11.4. The topological polar surface area (TPSA) is 63.4 Å². The molecule has 0 aromatic carbocycles. The fourth-order valence-corrected chi connectivity index (χ4v) is 2.13. The normalized spacial score (nSPS) is 20.8. The highest BCUT2D eigenvalue weighted by Crippen LogP contribution is 2.21. The average Bonchev–Trinajstić information content (AvgIpc) is 2.65. The number of hydrogen-bond donors (Lipinski definition) is 1. The van der Waals surface area contributed by atoms with E-state index in [9.17, 15) is 9.59 Å². The first-order valence-electron chi connectivity index (χ1n) is 5.63. The standard InChI is InChI=1S/C12H16N2O2/c13-12(16)10-5-3-9(4-6-10)8-14-7-1-2-11(14)15/h3,5H,1-2,4,6-8H2,(H2,13,16). The van der Waals surface area contributed by atoms with Crippen molar-refractivity contribution in [3.63, 3.8) is 0 Å². The molecule has 2 N–H and O–H groups in total. The Bertz CT molecular complexity index is 382. The molecule has 0 aromatic rings. The summed E-state index contributed by atoms with van der Waals surface area (Å²) in [6.07, 6.45) is 6.88. The molecule has 0 saturated carbocycles. The molecule has 0 bridgehead atoms. The third-order valence-corrected chi connectivity index (χ3v) is 3.12. The lowest BCUT2D eigenvalue weighted by molar-refractivity contribution is -0.127. The van der Waals surface area contributed by atoms with Crippen molar-refractivity contribution in [3.05, 3.63) is 23.3 Å². The molecular formula is C12H16N2O2. The smallest absolute Gasteiger partial charge is 0.244 e. The van der Waals surface area contributed by atoms with E-state index < -0.39 is 0 Å². The highest BCUT2D eigenvalue weighted by Gasteiger charge is 2.21. The van der Waals surface area contributed by atoms with Crippen molar-refractivity contribution < 1.29 is 9.59 Å². The summed E-state index contributed by atoms with van der Waals surface area (Å²) in [6, 6.07) is 0. The van der Waals surface area contributed by atoms with Crippen LogP contribution in [0.4, 0.5) is 0 Å². The predicted octanol–water partition coefficient (Wildman–Crippen LogP) is 0.741. The monoisotopic (exact) mass is 220 g/mol. The van der Waals surface area contributed by atoms with Crippen LogP contribution in [0.3, 0.4) is 0 Å². The lowest BCUT2D eigenvalue weighted by Gasteiger charge is -2.19. The van der Waals surface area contributed by atoms with Gasteiger partial charge < -0.3 is 10.6 Å². The maximum atomic E-state index is 11.4. The summed E-state index contributed by atoms with van der Waals surface area (Å²) in [5, 5.41) is 0. The van der Waals surface area contributed by atoms with Gasteiger partial charge in [0.15, 0.2) is 0 Å². The maximum Gasteiger partial charge on any atom is 0.244 e. The lowest BCUT2D eigenvalue weighted by Crippen LogP contribution is -2.27. The van der Waals surface area contributed by atoms with Crippen molar-refractivity contribution in [2.75, 3.05) is 13.1 Å². The zero-order chi connectivity index (χ0) is 11.5. The van der Waals surface area contributed by atoms with Gasteiger partial charge in [0.25, 0.3) is 0 Å². The number of carbonyl (C=O) groups excluding carboxylic acids is 2. The van der Waals surface area contributed by atoms with E-state index in [0.29, 0.717) is 25.0 Å². The van der Waals surface area contributed by atoms with Crippen LogP contribution in [0.5, 0.6) is 0 Å². The summed E-state index contributed by atoms with van der Waals surface area (Å²) in [5.74, 6) is -0.0990. The highest BCUT2D eigenvalue weighted by atomic mass is 16.2. The van der Waals surface area contributed by atoms with Gasteiger partial charge in [-0.2, -0.15) is 0 Å². The molecule has 0 unspecified atom stereocenters. The predicted molar refractivity (Wildman–Crippen MR) is 60.4 cm³/mol. The van der Waals surface area contributed by atoms with Gasteiger partial charge in [0.05, 0.1) is 0 Å². The number of nitrogens with zero attached hydrogens (tertiary/aromatic N) is 1. The minimum Gasteiger partial charge on any atom is -0.366 e. The van der Waals surface area contributed by atoms with Crippen LogP contribution in [-0.4, -0.2) is 29.8 Å². The van der Waals surface area contributed by atoms with Crippen molar-refractivity contribution in [2.24, 2.45) is 5.73 Å². The van der Waals surface area contributed by atoms with Crippen molar-refractivity contribution in [1.29, 1.82) is 0 Å². The van der Waals surface area contributed by atoms with E-state index in [1.165, 1.54) is 5.57 Å². The molecule has 1 aliphatic carbocycles. The summed E-state index contributed by atoms with van der Waals surface area (Å²) in [7, 11) is 0. The van der Waals surface area contributed by atoms with E-state index in [4.69, 9.17) is 5.73 Å². The van der Waals surface area contributed by atoms with Crippen LogP contribution in [0.15, 0.2) is 23.3 Å². The highest BCUT2D eigenvalue weighted by molar-refractivity contribution is 5.92. The van der Waals surface area contributed by atoms with Gasteiger partial charge in [0.1, 0.15) is 0 Å². The van der Waals surface area contributed by atoms with Gasteiger partial charge in [-0.15, -0.1) is 0 Å². The number of primary amides is 1. The van der Waals surface area contributed by atoms with Gasteiger partial charge in [0.2, 0.25) is 11.8 Å². The first-order valence-corrected chi connectivity index (χ1v) is 5.63. The minimum atomic E-state index is -0.340. The molecule has 1 aliphatic heterocycles. The quantitative estimate of drug-likeness (QED) is 0.762. The van der Waals surface area contributed by atoms with Crippen LogP contribution in [0, 0.1) is 0 Å². The van der Waals surface area contributed by atoms with Crippen molar-refractivity contribution in [2.45, 2.75) is 25.7 Å². The van der Waals surface area contributed by atoms with Crippen LogP contribution < -0.4 is 5.73 Å². The molecule has 2 aliphatic rings. The number of rotatable bonds is 3. The van der Waals surface area contributed by atoms with Gasteiger partial charge in [-0.1, -0.05) is 17.7 Å². The van der Waals surface area contributed by atoms with Gasteiger partial charge >= 0.3 is 0 Å². The minimum absolute atomic E-state index is 0.241. The summed E-state index contributed by atoms with van der Waals surface area (Å²) in [5.41, 5.74) is 7.08. The average molecular weight is 220 g/mol. The second kappa shape index (κ2) is 4.51. The second-order valence-electron chi connectivity index (χ2n) is 4.30. The van der Waals surface area contributed by atoms with Gasteiger partial charge in [-0.3, -0.25) is 9.59 Å². The fraction of sp³-hybridized carbons (Fsp3) is 0.500. The molecule has 1 fully saturated rings. The fourth-order valence-electron chi connectivity index (χ4n) is 2.13. The van der Waals surface area contributed by atoms with E-state index in [2.05, 4.69) is 0 Å². The zero-order valence-corrected chi connectivity index (χ0v) is 9.24. The number of amides is 2. The number of allylic oxidation sites excluding steroid dienone is 2. The third kappa shape index (κ3) is 2.32. The second-order valence-corrected chi connectivity index (χ2v) is 4.30. The van der Waals surface area contributed by atoms with Crippen LogP contribution in [0.2, 0.25) is 0 Å². The van der Waals surface area contributed by atoms with E-state index in [-0.39, 0.29) is 11.8 Å². The molecule has 4 nitrogen and oxygen atoms in total. The Morgan fingerprint density at radius 1 is 1.31 bits per heavy atom. The van der Waals surface area contributed by atoms with Gasteiger partial charge in [-0.05, 0) is 19.3 Å². The van der Waals surface area contributed by atoms with Crippen LogP contribution in [0.1, 0.15) is 25.7 Å². The molecule has 2 rings (SSSR count). The molecule has 1 heterocycles. The molecule has 16 heavy (non-hydrogen) atoms. The Labute approximate surface area is 94.8 Å². The molecule has 0 atom stereocenters. The van der Waals surface area contributed by atoms with Crippen LogP contribution in [-0.2, 0) is 9.59 Å².